The van der Waals surface area contributed by atoms with Crippen LogP contribution >= 0.6 is 0 Å². The molecule has 0 fully saturated rings. The minimum atomic E-state index is -5.95. The number of methoxy groups -OCH3 is 2. The molecule has 0 unspecified atom stereocenters. The lowest BCUT2D eigenvalue weighted by molar-refractivity contribution is -0.0500. The van der Waals surface area contributed by atoms with Crippen LogP contribution in [0.1, 0.15) is 5.56 Å². The van der Waals surface area contributed by atoms with Crippen LogP contribution in [-0.2, 0) is 10.1 Å². The molecule has 0 aliphatic heterocycles. The first-order valence-electron chi connectivity index (χ1n) is 8.42. The average molecular weight is 453 g/mol. The first-order chi connectivity index (χ1) is 14.6. The number of fused-ring (bicyclic) bond motifs is 1. The van der Waals surface area contributed by atoms with Crippen LogP contribution < -0.4 is 19.0 Å². The predicted molar refractivity (Wildman–Crippen MR) is 105 cm³/mol. The summed E-state index contributed by atoms with van der Waals surface area (Å²) in [6, 6.07) is 10.8. The maximum Gasteiger partial charge on any atom is 0.534 e. The van der Waals surface area contributed by atoms with Crippen molar-refractivity contribution in [1.29, 1.82) is 5.26 Å². The number of nitrogens with one attached hydrogen (secondary N) is 1. The molecule has 2 aromatic carbocycles. The Morgan fingerprint density at radius 2 is 1.84 bits per heavy atom. The maximum absolute atomic E-state index is 12.8. The van der Waals surface area contributed by atoms with Crippen molar-refractivity contribution < 1.29 is 35.2 Å². The van der Waals surface area contributed by atoms with E-state index in [0.717, 1.165) is 13.2 Å². The lowest BCUT2D eigenvalue weighted by Crippen LogP contribution is -2.28. The molecular formula is C19H14F3N3O5S. The van der Waals surface area contributed by atoms with Crippen molar-refractivity contribution in [3.8, 4) is 23.3 Å². The molecule has 3 aromatic rings. The summed E-state index contributed by atoms with van der Waals surface area (Å²) in [5.41, 5.74) is -4.67. The molecule has 0 bridgehead atoms. The van der Waals surface area contributed by atoms with Crippen LogP contribution in [0.25, 0.3) is 10.9 Å². The summed E-state index contributed by atoms with van der Waals surface area (Å²) in [5.74, 6) is -0.480. The number of ether oxygens (including phenoxy) is 2. The number of hydrogen-bond donors (Lipinski definition) is 1. The monoisotopic (exact) mass is 453 g/mol. The number of rotatable bonds is 6. The summed E-state index contributed by atoms with van der Waals surface area (Å²) in [6.45, 7) is 0. The predicted octanol–water partition coefficient (Wildman–Crippen LogP) is 4.10. The van der Waals surface area contributed by atoms with Crippen molar-refractivity contribution in [3.63, 3.8) is 0 Å². The molecule has 0 spiro atoms. The van der Waals surface area contributed by atoms with Crippen molar-refractivity contribution in [2.75, 3.05) is 19.5 Å². The van der Waals surface area contributed by atoms with Crippen LogP contribution in [-0.4, -0.2) is 33.1 Å². The second-order valence-electron chi connectivity index (χ2n) is 6.02. The van der Waals surface area contributed by atoms with Crippen LogP contribution in [0, 0.1) is 11.3 Å². The van der Waals surface area contributed by atoms with Gasteiger partial charge in [-0.05, 0) is 18.2 Å². The van der Waals surface area contributed by atoms with Gasteiger partial charge in [-0.1, -0.05) is 6.07 Å². The number of nitriles is 1. The van der Waals surface area contributed by atoms with Crippen molar-refractivity contribution in [2.45, 2.75) is 5.51 Å². The van der Waals surface area contributed by atoms with Crippen molar-refractivity contribution in [1.82, 2.24) is 4.98 Å². The zero-order valence-corrected chi connectivity index (χ0v) is 16.8. The van der Waals surface area contributed by atoms with Gasteiger partial charge in [0.25, 0.3) is 0 Å². The zero-order chi connectivity index (χ0) is 22.8. The summed E-state index contributed by atoms with van der Waals surface area (Å²) in [5, 5.41) is 12.6. The normalized spacial score (nSPS) is 11.6. The highest BCUT2D eigenvalue weighted by Gasteiger charge is 2.49. The number of aromatic nitrogens is 1. The van der Waals surface area contributed by atoms with Crippen molar-refractivity contribution >= 4 is 32.4 Å². The lowest BCUT2D eigenvalue weighted by Gasteiger charge is -2.16. The van der Waals surface area contributed by atoms with Crippen LogP contribution in [0.3, 0.4) is 0 Å². The van der Waals surface area contributed by atoms with E-state index in [0.29, 0.717) is 11.4 Å². The summed E-state index contributed by atoms with van der Waals surface area (Å²) < 4.78 is 75.7. The number of nitrogens with zero attached hydrogens (tertiary/aromatic N) is 2. The van der Waals surface area contributed by atoms with Gasteiger partial charge in [-0.3, -0.25) is 4.98 Å². The third kappa shape index (κ3) is 4.41. The minimum absolute atomic E-state index is 0.0603. The SMILES string of the molecule is COc1cccc(Nc2c(C#N)cnc3cc(OC)c(OS(=O)(=O)C(F)(F)F)cc23)c1. The molecule has 8 nitrogen and oxygen atoms in total. The fraction of sp³-hybridized carbons (Fsp3) is 0.158. The Labute approximate surface area is 174 Å². The number of pyridine rings is 1. The Morgan fingerprint density at radius 3 is 2.45 bits per heavy atom. The Balaban J connectivity index is 2.20. The number of hydrogen-bond acceptors (Lipinski definition) is 8. The number of alkyl halides is 3. The van der Waals surface area contributed by atoms with Gasteiger partial charge in [0.15, 0.2) is 11.5 Å². The minimum Gasteiger partial charge on any atom is -0.497 e. The molecule has 0 aliphatic carbocycles. The van der Waals surface area contributed by atoms with Gasteiger partial charge in [0, 0.05) is 29.4 Å². The summed E-state index contributed by atoms with van der Waals surface area (Å²) in [6.07, 6.45) is 1.26. The largest absolute Gasteiger partial charge is 0.534 e. The van der Waals surface area contributed by atoms with Gasteiger partial charge in [-0.15, -0.1) is 0 Å². The van der Waals surface area contributed by atoms with E-state index >= 15 is 0 Å². The quantitative estimate of drug-likeness (QED) is 0.439. The summed E-state index contributed by atoms with van der Waals surface area (Å²) in [7, 11) is -3.35. The molecule has 0 saturated carbocycles. The Hall–Kier alpha value is -3.72. The third-order valence-electron chi connectivity index (χ3n) is 4.10. The van der Waals surface area contributed by atoms with Gasteiger partial charge >= 0.3 is 15.6 Å². The second kappa shape index (κ2) is 8.19. The molecule has 162 valence electrons. The fourth-order valence-corrected chi connectivity index (χ4v) is 3.12. The van der Waals surface area contributed by atoms with E-state index < -0.39 is 21.4 Å². The molecule has 0 amide bonds. The molecule has 12 heteroatoms. The molecule has 1 heterocycles. The first kappa shape index (κ1) is 22.0. The molecule has 0 saturated heterocycles. The highest BCUT2D eigenvalue weighted by Crippen LogP contribution is 2.39. The highest BCUT2D eigenvalue weighted by atomic mass is 32.2. The molecule has 3 rings (SSSR count). The number of anilines is 2. The number of benzene rings is 2. The standard InChI is InChI=1S/C19H14F3N3O5S/c1-28-13-5-3-4-12(6-13)25-18-11(9-23)10-24-15-8-16(29-2)17(7-14(15)18)30-31(26,27)19(20,21)22/h3-8,10H,1-2H3,(H,24,25). The fourth-order valence-electron chi connectivity index (χ4n) is 2.65. The second-order valence-corrected chi connectivity index (χ2v) is 7.56. The molecule has 0 radical (unpaired) electrons. The van der Waals surface area contributed by atoms with Crippen LogP contribution in [0.2, 0.25) is 0 Å². The van der Waals surface area contributed by atoms with E-state index in [4.69, 9.17) is 9.47 Å². The van der Waals surface area contributed by atoms with Gasteiger partial charge in [0.1, 0.15) is 11.8 Å². The van der Waals surface area contributed by atoms with Crippen LogP contribution in [0.15, 0.2) is 42.6 Å². The molecule has 1 aromatic heterocycles. The first-order valence-corrected chi connectivity index (χ1v) is 9.83. The summed E-state index contributed by atoms with van der Waals surface area (Å²) in [4.78, 5) is 4.09. The Kier molecular flexibility index (Phi) is 5.81. The van der Waals surface area contributed by atoms with Gasteiger partial charge in [-0.25, -0.2) is 0 Å². The van der Waals surface area contributed by atoms with E-state index in [1.54, 1.807) is 24.3 Å². The molecule has 0 aliphatic rings. The van der Waals surface area contributed by atoms with E-state index in [2.05, 4.69) is 14.5 Å². The maximum atomic E-state index is 12.8. The number of halogens is 3. The molecule has 0 atom stereocenters. The van der Waals surface area contributed by atoms with Gasteiger partial charge in [-0.2, -0.15) is 26.9 Å². The van der Waals surface area contributed by atoms with E-state index in [-0.39, 0.29) is 27.9 Å². The van der Waals surface area contributed by atoms with Crippen molar-refractivity contribution in [3.05, 3.63) is 48.2 Å². The van der Waals surface area contributed by atoms with E-state index in [1.807, 2.05) is 6.07 Å². The van der Waals surface area contributed by atoms with Gasteiger partial charge in [0.2, 0.25) is 0 Å². The molecular weight excluding hydrogens is 439 g/mol. The Bertz CT molecular complexity index is 1290. The molecule has 31 heavy (non-hydrogen) atoms. The average Bonchev–Trinajstić information content (AvgIpc) is 2.72. The summed E-state index contributed by atoms with van der Waals surface area (Å²) >= 11 is 0. The van der Waals surface area contributed by atoms with E-state index in [1.165, 1.54) is 19.4 Å². The van der Waals surface area contributed by atoms with Gasteiger partial charge in [0.05, 0.1) is 31.0 Å². The Morgan fingerprint density at radius 1 is 1.10 bits per heavy atom. The van der Waals surface area contributed by atoms with Crippen LogP contribution in [0.4, 0.5) is 24.5 Å². The van der Waals surface area contributed by atoms with Crippen molar-refractivity contribution in [2.24, 2.45) is 0 Å². The lowest BCUT2D eigenvalue weighted by atomic mass is 10.1. The van der Waals surface area contributed by atoms with Gasteiger partial charge < -0.3 is 19.0 Å². The third-order valence-corrected chi connectivity index (χ3v) is 5.06. The highest BCUT2D eigenvalue weighted by molar-refractivity contribution is 7.88. The zero-order valence-electron chi connectivity index (χ0n) is 16.0. The molecule has 1 N–H and O–H groups in total. The van der Waals surface area contributed by atoms with Crippen LogP contribution in [0.5, 0.6) is 17.2 Å². The smallest absolute Gasteiger partial charge is 0.497 e. The topological polar surface area (TPSA) is 111 Å². The van der Waals surface area contributed by atoms with E-state index in [9.17, 15) is 26.9 Å².